The van der Waals surface area contributed by atoms with Crippen molar-refractivity contribution in [3.63, 3.8) is 0 Å². The van der Waals surface area contributed by atoms with E-state index < -0.39 is 0 Å². The lowest BCUT2D eigenvalue weighted by Gasteiger charge is -2.10. The number of thiocarbonyl (C=S) groups is 1. The number of hydrazine groups is 1. The Morgan fingerprint density at radius 3 is 2.50 bits per heavy atom. The lowest BCUT2D eigenvalue weighted by molar-refractivity contribution is 0.306. The number of benzene rings is 2. The lowest BCUT2D eigenvalue weighted by atomic mass is 10.2. The molecule has 2 rings (SSSR count). The number of ether oxygens (including phenoxy) is 1. The fourth-order valence-electron chi connectivity index (χ4n) is 1.78. The maximum atomic E-state index is 8.45. The van der Waals surface area contributed by atoms with Crippen LogP contribution in [0.25, 0.3) is 0 Å². The molecule has 0 heterocycles. The molecule has 112 valence electrons. The molecule has 0 amide bonds. The van der Waals surface area contributed by atoms with Gasteiger partial charge < -0.3 is 10.2 Å². The third-order valence-corrected chi connectivity index (χ3v) is 3.27. The quantitative estimate of drug-likeness (QED) is 0.468. The van der Waals surface area contributed by atoms with Crippen molar-refractivity contribution in [2.24, 2.45) is 0 Å². The monoisotopic (exact) mass is 311 g/mol. The van der Waals surface area contributed by atoms with Crippen molar-refractivity contribution in [2.75, 3.05) is 6.54 Å². The Labute approximate surface area is 135 Å². The molecule has 0 unspecified atom stereocenters. The maximum absolute atomic E-state index is 8.45. The first-order valence-electron chi connectivity index (χ1n) is 6.96. The molecule has 0 spiro atoms. The first-order valence-corrected chi connectivity index (χ1v) is 7.37. The van der Waals surface area contributed by atoms with Gasteiger partial charge >= 0.3 is 0 Å². The average molecular weight is 311 g/mol. The second-order valence-corrected chi connectivity index (χ2v) is 5.00. The van der Waals surface area contributed by atoms with Crippen LogP contribution in [-0.4, -0.2) is 11.5 Å². The Morgan fingerprint density at radius 1 is 1.09 bits per heavy atom. The highest BCUT2D eigenvalue weighted by atomic mass is 32.1. The van der Waals surface area contributed by atoms with E-state index in [2.05, 4.69) is 16.9 Å². The fourth-order valence-corrected chi connectivity index (χ4v) is 1.99. The van der Waals surface area contributed by atoms with Gasteiger partial charge in [0, 0.05) is 18.5 Å². The number of hydrogen-bond acceptors (Lipinski definition) is 4. The molecule has 2 aromatic rings. The van der Waals surface area contributed by atoms with Crippen LogP contribution in [-0.2, 0) is 6.61 Å². The molecule has 0 aliphatic carbocycles. The van der Waals surface area contributed by atoms with Crippen LogP contribution >= 0.6 is 12.2 Å². The van der Waals surface area contributed by atoms with Gasteiger partial charge in [-0.15, -0.1) is 0 Å². The van der Waals surface area contributed by atoms with Crippen LogP contribution in [0.3, 0.4) is 0 Å². The summed E-state index contributed by atoms with van der Waals surface area (Å²) in [5.41, 5.74) is 7.83. The summed E-state index contributed by atoms with van der Waals surface area (Å²) in [4.78, 5) is 0.590. The second kappa shape index (κ2) is 8.78. The van der Waals surface area contributed by atoms with Crippen molar-refractivity contribution >= 4 is 17.2 Å². The molecule has 2 aromatic carbocycles. The fraction of sp³-hybridized carbons (Fsp3) is 0.176. The van der Waals surface area contributed by atoms with Crippen molar-refractivity contribution in [1.82, 2.24) is 10.9 Å². The molecule has 0 atom stereocenters. The third-order valence-electron chi connectivity index (χ3n) is 2.93. The van der Waals surface area contributed by atoms with E-state index >= 15 is 0 Å². The Bertz CT molecular complexity index is 635. The van der Waals surface area contributed by atoms with Gasteiger partial charge in [-0.3, -0.25) is 0 Å². The smallest absolute Gasteiger partial charge is 0.120 e. The van der Waals surface area contributed by atoms with Gasteiger partial charge in [0.15, 0.2) is 0 Å². The van der Waals surface area contributed by atoms with Crippen LogP contribution in [0, 0.1) is 11.3 Å². The first kappa shape index (κ1) is 16.0. The van der Waals surface area contributed by atoms with Gasteiger partial charge in [0.2, 0.25) is 0 Å². The van der Waals surface area contributed by atoms with Crippen LogP contribution in [0.15, 0.2) is 54.6 Å². The van der Waals surface area contributed by atoms with E-state index in [0.717, 1.165) is 16.9 Å². The minimum Gasteiger partial charge on any atom is -0.489 e. The van der Waals surface area contributed by atoms with Gasteiger partial charge in [0.25, 0.3) is 0 Å². The summed E-state index contributed by atoms with van der Waals surface area (Å²) in [7, 11) is 0. The van der Waals surface area contributed by atoms with E-state index in [1.807, 2.05) is 54.6 Å². The molecular formula is C17H17N3OS. The summed E-state index contributed by atoms with van der Waals surface area (Å²) >= 11 is 5.26. The van der Waals surface area contributed by atoms with Crippen LogP contribution in [0.4, 0.5) is 0 Å². The van der Waals surface area contributed by atoms with Crippen LogP contribution in [0.5, 0.6) is 5.75 Å². The van der Waals surface area contributed by atoms with Gasteiger partial charge in [-0.2, -0.15) is 5.26 Å². The predicted molar refractivity (Wildman–Crippen MR) is 90.3 cm³/mol. The molecule has 0 saturated heterocycles. The van der Waals surface area contributed by atoms with Crippen LogP contribution in [0.1, 0.15) is 17.5 Å². The summed E-state index contributed by atoms with van der Waals surface area (Å²) < 4.78 is 5.72. The normalized spacial score (nSPS) is 9.77. The molecule has 22 heavy (non-hydrogen) atoms. The van der Waals surface area contributed by atoms with E-state index in [-0.39, 0.29) is 0 Å². The van der Waals surface area contributed by atoms with Crippen molar-refractivity contribution in [3.8, 4) is 11.8 Å². The standard InChI is InChI=1S/C17H17N3OS/c18-11-4-12-19-20-17(22)15-7-9-16(10-8-15)21-13-14-5-2-1-3-6-14/h1-3,5-10,19H,4,12-13H2,(H,20,22). The van der Waals surface area contributed by atoms with E-state index in [4.69, 9.17) is 22.2 Å². The van der Waals surface area contributed by atoms with E-state index in [1.165, 1.54) is 0 Å². The molecule has 0 aliphatic heterocycles. The number of hydrogen-bond donors (Lipinski definition) is 2. The van der Waals surface area contributed by atoms with Crippen LogP contribution in [0.2, 0.25) is 0 Å². The molecule has 4 nitrogen and oxygen atoms in total. The van der Waals surface area contributed by atoms with E-state index in [9.17, 15) is 0 Å². The van der Waals surface area contributed by atoms with Crippen LogP contribution < -0.4 is 15.6 Å². The zero-order chi connectivity index (χ0) is 15.6. The lowest BCUT2D eigenvalue weighted by Crippen LogP contribution is -2.37. The van der Waals surface area contributed by atoms with Crippen molar-refractivity contribution in [3.05, 3.63) is 65.7 Å². The first-order chi connectivity index (χ1) is 10.8. The van der Waals surface area contributed by atoms with Crippen molar-refractivity contribution < 1.29 is 4.74 Å². The molecule has 2 N–H and O–H groups in total. The molecule has 0 aromatic heterocycles. The molecule has 0 bridgehead atoms. The summed E-state index contributed by atoms with van der Waals surface area (Å²) in [6, 6.07) is 19.7. The number of rotatable bonds is 7. The maximum Gasteiger partial charge on any atom is 0.120 e. The Balaban J connectivity index is 1.82. The third kappa shape index (κ3) is 5.17. The summed E-state index contributed by atoms with van der Waals surface area (Å²) in [5.74, 6) is 0.799. The molecular weight excluding hydrogens is 294 g/mol. The average Bonchev–Trinajstić information content (AvgIpc) is 2.58. The number of nitrogens with zero attached hydrogens (tertiary/aromatic N) is 1. The predicted octanol–water partition coefficient (Wildman–Crippen LogP) is 2.95. The molecule has 0 fully saturated rings. The Hall–Kier alpha value is -2.42. The molecule has 5 heteroatoms. The highest BCUT2D eigenvalue weighted by molar-refractivity contribution is 7.80. The summed E-state index contributed by atoms with van der Waals surface area (Å²) in [6.45, 7) is 1.09. The topological polar surface area (TPSA) is 57.1 Å². The van der Waals surface area contributed by atoms with Crippen molar-refractivity contribution in [1.29, 1.82) is 5.26 Å². The Morgan fingerprint density at radius 2 is 1.82 bits per heavy atom. The SMILES string of the molecule is N#CCCNNC(=S)c1ccc(OCc2ccccc2)cc1. The number of nitriles is 1. The van der Waals surface area contributed by atoms with Crippen molar-refractivity contribution in [2.45, 2.75) is 13.0 Å². The van der Waals surface area contributed by atoms with E-state index in [1.54, 1.807) is 0 Å². The summed E-state index contributed by atoms with van der Waals surface area (Å²) in [6.07, 6.45) is 0.432. The minimum atomic E-state index is 0.432. The largest absolute Gasteiger partial charge is 0.489 e. The second-order valence-electron chi connectivity index (χ2n) is 4.59. The molecule has 0 saturated carbocycles. The van der Waals surface area contributed by atoms with Gasteiger partial charge in [-0.05, 0) is 29.8 Å². The zero-order valence-corrected chi connectivity index (χ0v) is 12.9. The van der Waals surface area contributed by atoms with Gasteiger partial charge in [0.05, 0.1) is 6.07 Å². The summed E-state index contributed by atoms with van der Waals surface area (Å²) in [5, 5.41) is 8.45. The number of nitrogens with one attached hydrogen (secondary N) is 2. The van der Waals surface area contributed by atoms with Gasteiger partial charge in [-0.1, -0.05) is 42.5 Å². The van der Waals surface area contributed by atoms with E-state index in [0.29, 0.717) is 24.6 Å². The molecule has 0 radical (unpaired) electrons. The highest BCUT2D eigenvalue weighted by Gasteiger charge is 2.01. The van der Waals surface area contributed by atoms with Gasteiger partial charge in [0.1, 0.15) is 17.3 Å². The molecule has 0 aliphatic rings. The Kier molecular flexibility index (Phi) is 6.37. The zero-order valence-electron chi connectivity index (χ0n) is 12.1. The minimum absolute atomic E-state index is 0.432. The highest BCUT2D eigenvalue weighted by Crippen LogP contribution is 2.14. The van der Waals surface area contributed by atoms with Gasteiger partial charge in [-0.25, -0.2) is 5.43 Å².